The summed E-state index contributed by atoms with van der Waals surface area (Å²) in [5, 5.41) is 6.61. The Labute approximate surface area is 122 Å². The van der Waals surface area contributed by atoms with Crippen LogP contribution in [0.15, 0.2) is 18.2 Å². The van der Waals surface area contributed by atoms with Crippen LogP contribution in [-0.4, -0.2) is 25.0 Å². The molecule has 110 valence electrons. The van der Waals surface area contributed by atoms with Gasteiger partial charge in [0.15, 0.2) is 0 Å². The number of benzene rings is 1. The standard InChI is InChI=1S/C17H26N2O/c1-4-14-6-5-9-18-16(14)11-19-17(20)15-8-7-12(2)13(3)10-15/h7-8,10,14,16,18H,4-6,9,11H2,1-3H3,(H,19,20). The summed E-state index contributed by atoms with van der Waals surface area (Å²) in [6, 6.07) is 6.31. The molecule has 0 radical (unpaired) electrons. The normalized spacial score (nSPS) is 22.6. The van der Waals surface area contributed by atoms with Crippen LogP contribution < -0.4 is 10.6 Å². The van der Waals surface area contributed by atoms with Gasteiger partial charge in [0.2, 0.25) is 0 Å². The summed E-state index contributed by atoms with van der Waals surface area (Å²) in [5.74, 6) is 0.721. The minimum Gasteiger partial charge on any atom is -0.350 e. The Kier molecular flexibility index (Phi) is 5.18. The van der Waals surface area contributed by atoms with E-state index in [-0.39, 0.29) is 5.91 Å². The summed E-state index contributed by atoms with van der Waals surface area (Å²) in [5.41, 5.74) is 3.15. The molecule has 0 bridgehead atoms. The number of nitrogens with one attached hydrogen (secondary N) is 2. The van der Waals surface area contributed by atoms with Crippen molar-refractivity contribution >= 4 is 5.91 Å². The highest BCUT2D eigenvalue weighted by Gasteiger charge is 2.23. The fourth-order valence-corrected chi connectivity index (χ4v) is 2.93. The minimum absolute atomic E-state index is 0.0373. The SMILES string of the molecule is CCC1CCCNC1CNC(=O)c1ccc(C)c(C)c1. The van der Waals surface area contributed by atoms with E-state index in [0.717, 1.165) is 18.7 Å². The van der Waals surface area contributed by atoms with Gasteiger partial charge in [0.05, 0.1) is 0 Å². The van der Waals surface area contributed by atoms with Crippen molar-refractivity contribution in [2.24, 2.45) is 5.92 Å². The van der Waals surface area contributed by atoms with Gasteiger partial charge in [0, 0.05) is 18.2 Å². The molecule has 0 aliphatic carbocycles. The molecular weight excluding hydrogens is 248 g/mol. The van der Waals surface area contributed by atoms with Gasteiger partial charge in [-0.15, -0.1) is 0 Å². The Morgan fingerprint density at radius 3 is 2.85 bits per heavy atom. The molecule has 2 atom stereocenters. The molecule has 20 heavy (non-hydrogen) atoms. The van der Waals surface area contributed by atoms with Crippen molar-refractivity contribution < 1.29 is 4.79 Å². The predicted octanol–water partition coefficient (Wildman–Crippen LogP) is 2.81. The Bertz CT molecular complexity index is 470. The summed E-state index contributed by atoms with van der Waals surface area (Å²) in [7, 11) is 0. The fourth-order valence-electron chi connectivity index (χ4n) is 2.93. The third-order valence-corrected chi connectivity index (χ3v) is 4.50. The lowest BCUT2D eigenvalue weighted by Crippen LogP contribution is -2.48. The average Bonchev–Trinajstić information content (AvgIpc) is 2.47. The van der Waals surface area contributed by atoms with Gasteiger partial charge in [-0.1, -0.05) is 19.4 Å². The van der Waals surface area contributed by atoms with E-state index in [2.05, 4.69) is 24.5 Å². The van der Waals surface area contributed by atoms with Gasteiger partial charge in [0.1, 0.15) is 0 Å². The minimum atomic E-state index is 0.0373. The van der Waals surface area contributed by atoms with E-state index in [1.54, 1.807) is 0 Å². The largest absolute Gasteiger partial charge is 0.350 e. The van der Waals surface area contributed by atoms with Gasteiger partial charge in [0.25, 0.3) is 5.91 Å². The molecule has 3 nitrogen and oxygen atoms in total. The van der Waals surface area contributed by atoms with E-state index in [9.17, 15) is 4.79 Å². The van der Waals surface area contributed by atoms with Gasteiger partial charge in [-0.3, -0.25) is 4.79 Å². The zero-order chi connectivity index (χ0) is 14.5. The van der Waals surface area contributed by atoms with Gasteiger partial charge in [-0.05, 0) is 62.4 Å². The van der Waals surface area contributed by atoms with Gasteiger partial charge < -0.3 is 10.6 Å². The molecule has 1 amide bonds. The van der Waals surface area contributed by atoms with Gasteiger partial charge >= 0.3 is 0 Å². The predicted molar refractivity (Wildman–Crippen MR) is 83.1 cm³/mol. The lowest BCUT2D eigenvalue weighted by molar-refractivity contribution is 0.0942. The van der Waals surface area contributed by atoms with Crippen LogP contribution in [-0.2, 0) is 0 Å². The Hall–Kier alpha value is -1.35. The highest BCUT2D eigenvalue weighted by Crippen LogP contribution is 2.19. The number of carbonyl (C=O) groups is 1. The summed E-state index contributed by atoms with van der Waals surface area (Å²) >= 11 is 0. The van der Waals surface area contributed by atoms with Crippen LogP contribution >= 0.6 is 0 Å². The van der Waals surface area contributed by atoms with Crippen LogP contribution in [0.5, 0.6) is 0 Å². The molecule has 1 fully saturated rings. The van der Waals surface area contributed by atoms with Crippen molar-refractivity contribution in [3.05, 3.63) is 34.9 Å². The van der Waals surface area contributed by atoms with E-state index >= 15 is 0 Å². The molecule has 1 saturated heterocycles. The monoisotopic (exact) mass is 274 g/mol. The average molecular weight is 274 g/mol. The maximum Gasteiger partial charge on any atom is 0.251 e. The van der Waals surface area contributed by atoms with E-state index in [1.165, 1.54) is 30.4 Å². The smallest absolute Gasteiger partial charge is 0.251 e. The molecule has 1 heterocycles. The first kappa shape index (κ1) is 15.0. The summed E-state index contributed by atoms with van der Waals surface area (Å²) < 4.78 is 0. The van der Waals surface area contributed by atoms with Crippen molar-refractivity contribution in [1.29, 1.82) is 0 Å². The number of piperidine rings is 1. The lowest BCUT2D eigenvalue weighted by Gasteiger charge is -2.32. The highest BCUT2D eigenvalue weighted by atomic mass is 16.1. The number of rotatable bonds is 4. The van der Waals surface area contributed by atoms with Crippen molar-refractivity contribution in [3.8, 4) is 0 Å². The zero-order valence-electron chi connectivity index (χ0n) is 12.8. The lowest BCUT2D eigenvalue weighted by atomic mass is 9.88. The van der Waals surface area contributed by atoms with Crippen molar-refractivity contribution in [1.82, 2.24) is 10.6 Å². The number of amides is 1. The van der Waals surface area contributed by atoms with Crippen molar-refractivity contribution in [2.75, 3.05) is 13.1 Å². The third kappa shape index (κ3) is 3.60. The Morgan fingerprint density at radius 2 is 2.15 bits per heavy atom. The van der Waals surface area contributed by atoms with E-state index in [1.807, 2.05) is 25.1 Å². The second-order valence-electron chi connectivity index (χ2n) is 5.88. The van der Waals surface area contributed by atoms with E-state index in [0.29, 0.717) is 12.0 Å². The van der Waals surface area contributed by atoms with E-state index in [4.69, 9.17) is 0 Å². The molecule has 2 unspecified atom stereocenters. The van der Waals surface area contributed by atoms with Crippen LogP contribution in [0.4, 0.5) is 0 Å². The molecule has 1 aliphatic heterocycles. The van der Waals surface area contributed by atoms with Gasteiger partial charge in [-0.2, -0.15) is 0 Å². The molecule has 2 N–H and O–H groups in total. The molecule has 1 aromatic carbocycles. The highest BCUT2D eigenvalue weighted by molar-refractivity contribution is 5.94. The summed E-state index contributed by atoms with van der Waals surface area (Å²) in [4.78, 5) is 12.2. The van der Waals surface area contributed by atoms with Crippen LogP contribution in [0.1, 0.15) is 47.7 Å². The van der Waals surface area contributed by atoms with Crippen LogP contribution in [0.25, 0.3) is 0 Å². The maximum absolute atomic E-state index is 12.2. The molecule has 0 saturated carbocycles. The number of aryl methyl sites for hydroxylation is 2. The van der Waals surface area contributed by atoms with Gasteiger partial charge in [-0.25, -0.2) is 0 Å². The van der Waals surface area contributed by atoms with Crippen LogP contribution in [0.3, 0.4) is 0 Å². The zero-order valence-corrected chi connectivity index (χ0v) is 12.8. The van der Waals surface area contributed by atoms with Crippen molar-refractivity contribution in [2.45, 2.75) is 46.1 Å². The first-order valence-electron chi connectivity index (χ1n) is 7.70. The quantitative estimate of drug-likeness (QED) is 0.886. The number of hydrogen-bond acceptors (Lipinski definition) is 2. The topological polar surface area (TPSA) is 41.1 Å². The molecule has 2 rings (SSSR count). The second kappa shape index (κ2) is 6.89. The molecular formula is C17H26N2O. The Morgan fingerprint density at radius 1 is 1.35 bits per heavy atom. The molecule has 1 aromatic rings. The molecule has 3 heteroatoms. The van der Waals surface area contributed by atoms with E-state index < -0.39 is 0 Å². The Balaban J connectivity index is 1.92. The maximum atomic E-state index is 12.2. The van der Waals surface area contributed by atoms with Crippen LogP contribution in [0.2, 0.25) is 0 Å². The number of carbonyl (C=O) groups excluding carboxylic acids is 1. The fraction of sp³-hybridized carbons (Fsp3) is 0.588. The van der Waals surface area contributed by atoms with Crippen LogP contribution in [0, 0.1) is 19.8 Å². The number of hydrogen-bond donors (Lipinski definition) is 2. The third-order valence-electron chi connectivity index (χ3n) is 4.50. The molecule has 0 aromatic heterocycles. The summed E-state index contributed by atoms with van der Waals surface area (Å²) in [6.07, 6.45) is 3.70. The molecule has 1 aliphatic rings. The molecule has 0 spiro atoms. The second-order valence-corrected chi connectivity index (χ2v) is 5.88. The summed E-state index contributed by atoms with van der Waals surface area (Å²) in [6.45, 7) is 8.14. The first-order valence-corrected chi connectivity index (χ1v) is 7.70. The first-order chi connectivity index (χ1) is 9.61. The van der Waals surface area contributed by atoms with Crippen molar-refractivity contribution in [3.63, 3.8) is 0 Å².